The first-order chi connectivity index (χ1) is 70.8. The van der Waals surface area contributed by atoms with Crippen molar-refractivity contribution in [3.8, 4) is 0 Å². The molecule has 8 heteroatoms. The first-order valence-electron chi connectivity index (χ1n) is 53.8. The van der Waals surface area contributed by atoms with Crippen molar-refractivity contribution >= 4 is 136 Å². The van der Waals surface area contributed by atoms with Crippen LogP contribution in [-0.2, 0) is 51.4 Å². The second-order valence-electron chi connectivity index (χ2n) is 39.1. The molecule has 0 aliphatic rings. The molecule has 0 spiro atoms. The lowest BCUT2D eigenvalue weighted by Crippen LogP contribution is -2.14. The largest absolute Gasteiger partial charge is 0.311 e. The van der Waals surface area contributed by atoms with Gasteiger partial charge in [-0.25, -0.2) is 0 Å². The maximum atomic E-state index is 2.43. The number of unbranched alkanes of at least 4 members (excludes halogenated alkanes) is 8. The molecule has 0 radical (unpaired) electrons. The van der Waals surface area contributed by atoms with Crippen LogP contribution < -0.4 is 39.2 Å². The average molecular weight is 1890 g/mol. The van der Waals surface area contributed by atoms with Crippen molar-refractivity contribution in [2.75, 3.05) is 39.2 Å². The van der Waals surface area contributed by atoms with Gasteiger partial charge >= 0.3 is 0 Å². The van der Waals surface area contributed by atoms with Crippen LogP contribution in [0.3, 0.4) is 0 Å². The zero-order valence-electron chi connectivity index (χ0n) is 86.8. The molecule has 8 nitrogen and oxygen atoms in total. The molecule has 17 aromatic rings. The van der Waals surface area contributed by atoms with E-state index in [2.05, 4.69) is 521 Å². The van der Waals surface area contributed by atoms with E-state index in [9.17, 15) is 0 Å². The molecule has 17 rings (SSSR count). The van der Waals surface area contributed by atoms with E-state index in [1.807, 2.05) is 0 Å². The Hall–Kier alpha value is -14.9. The van der Waals surface area contributed by atoms with Crippen LogP contribution in [-0.4, -0.2) is 0 Å². The summed E-state index contributed by atoms with van der Waals surface area (Å²) in [5.41, 5.74) is 39.1. The molecular formula is C136H146N8. The van der Waals surface area contributed by atoms with Crippen LogP contribution >= 0.6 is 0 Å². The van der Waals surface area contributed by atoms with E-state index >= 15 is 0 Å². The third-order valence-corrected chi connectivity index (χ3v) is 28.3. The molecule has 0 aromatic heterocycles. The highest BCUT2D eigenvalue weighted by Crippen LogP contribution is 2.49. The van der Waals surface area contributed by atoms with Crippen molar-refractivity contribution in [1.82, 2.24) is 0 Å². The fourth-order valence-electron chi connectivity index (χ4n) is 19.8. The molecule has 0 fully saturated rings. The number of rotatable bonds is 48. The zero-order valence-corrected chi connectivity index (χ0v) is 86.8. The number of hydrogen-bond donors (Lipinski definition) is 0. The summed E-state index contributed by atoms with van der Waals surface area (Å²) in [5.74, 6) is 0. The van der Waals surface area contributed by atoms with E-state index < -0.39 is 0 Å². The number of hydrogen-bond acceptors (Lipinski definition) is 8. The van der Waals surface area contributed by atoms with Crippen LogP contribution in [0.1, 0.15) is 214 Å². The molecule has 0 unspecified atom stereocenters. The van der Waals surface area contributed by atoms with Gasteiger partial charge in [-0.3, -0.25) is 0 Å². The Morgan fingerprint density at radius 1 is 0.104 bits per heavy atom. The molecule has 0 saturated heterocycles. The summed E-state index contributed by atoms with van der Waals surface area (Å²) < 4.78 is 0. The molecule has 730 valence electrons. The smallest absolute Gasteiger partial charge is 0.0463 e. The molecule has 0 atom stereocenters. The van der Waals surface area contributed by atoms with Crippen LogP contribution in [0.5, 0.6) is 0 Å². The van der Waals surface area contributed by atoms with Crippen molar-refractivity contribution in [2.24, 2.45) is 0 Å². The highest BCUT2D eigenvalue weighted by Gasteiger charge is 2.26. The highest BCUT2D eigenvalue weighted by molar-refractivity contribution is 5.90. The first kappa shape index (κ1) is 101. The van der Waals surface area contributed by atoms with Crippen molar-refractivity contribution in [2.45, 2.75) is 223 Å². The second kappa shape index (κ2) is 50.2. The molecule has 0 aliphatic carbocycles. The molecule has 0 amide bonds. The minimum Gasteiger partial charge on any atom is -0.311 e. The van der Waals surface area contributed by atoms with Crippen LogP contribution in [0.4, 0.5) is 136 Å². The van der Waals surface area contributed by atoms with E-state index in [1.54, 1.807) is 0 Å². The topological polar surface area (TPSA) is 25.9 Å². The molecule has 0 aliphatic heterocycles. The van der Waals surface area contributed by atoms with Gasteiger partial charge in [-0.1, -0.05) is 239 Å². The molecule has 0 N–H and O–H groups in total. The van der Waals surface area contributed by atoms with Crippen LogP contribution in [0.15, 0.2) is 413 Å². The Balaban J connectivity index is 0.783. The van der Waals surface area contributed by atoms with E-state index in [0.717, 1.165) is 214 Å². The molecule has 144 heavy (non-hydrogen) atoms. The lowest BCUT2D eigenvalue weighted by atomic mass is 10.1. The van der Waals surface area contributed by atoms with Gasteiger partial charge in [0.2, 0.25) is 0 Å². The van der Waals surface area contributed by atoms with Gasteiger partial charge in [0.25, 0.3) is 0 Å². The summed E-state index contributed by atoms with van der Waals surface area (Å²) in [4.78, 5) is 19.3. The Morgan fingerprint density at radius 3 is 0.250 bits per heavy atom. The summed E-state index contributed by atoms with van der Waals surface area (Å²) >= 11 is 0. The molecular weight excluding hydrogens is 1750 g/mol. The fraction of sp³-hybridized carbons (Fsp3) is 0.250. The molecule has 0 heterocycles. The van der Waals surface area contributed by atoms with Gasteiger partial charge in [0.1, 0.15) is 0 Å². The summed E-state index contributed by atoms with van der Waals surface area (Å²) in [6.45, 7) is 22.5. The monoisotopic (exact) mass is 1890 g/mol. The highest BCUT2D eigenvalue weighted by atomic mass is 15.2. The average Bonchev–Trinajstić information content (AvgIpc) is 0.770. The maximum absolute atomic E-state index is 2.43. The molecule has 17 aromatic carbocycles. The number of nitrogens with zero attached hydrogens (tertiary/aromatic N) is 8. The minimum atomic E-state index is 1.00. The van der Waals surface area contributed by atoms with Crippen molar-refractivity contribution in [1.29, 1.82) is 0 Å². The van der Waals surface area contributed by atoms with E-state index in [4.69, 9.17) is 0 Å². The summed E-state index contributed by atoms with van der Waals surface area (Å²) in [7, 11) is 0. The minimum absolute atomic E-state index is 1.00. The lowest BCUT2D eigenvalue weighted by molar-refractivity contribution is 0.795. The van der Waals surface area contributed by atoms with E-state index in [1.165, 1.54) is 133 Å². The third-order valence-electron chi connectivity index (χ3n) is 28.3. The maximum Gasteiger partial charge on any atom is 0.0463 e. The Bertz CT molecular complexity index is 6150. The van der Waals surface area contributed by atoms with Crippen LogP contribution in [0.25, 0.3) is 0 Å². The van der Waals surface area contributed by atoms with E-state index in [-0.39, 0.29) is 0 Å². The predicted octanol–water partition coefficient (Wildman–Crippen LogP) is 40.8. The Kier molecular flexibility index (Phi) is 35.1. The second-order valence-corrected chi connectivity index (χ2v) is 39.1. The normalized spacial score (nSPS) is 11.2. The van der Waals surface area contributed by atoms with Gasteiger partial charge in [-0.05, 0) is 452 Å². The molecule has 0 saturated carbocycles. The summed E-state index contributed by atoms with van der Waals surface area (Å²) in [6.07, 6.45) is 27.2. The van der Waals surface area contributed by atoms with Gasteiger partial charge in [0, 0.05) is 136 Å². The van der Waals surface area contributed by atoms with Gasteiger partial charge in [0.15, 0.2) is 0 Å². The quantitative estimate of drug-likeness (QED) is 0.0372. The van der Waals surface area contributed by atoms with Gasteiger partial charge in [0.05, 0.1) is 0 Å². The van der Waals surface area contributed by atoms with Crippen LogP contribution in [0.2, 0.25) is 0 Å². The lowest BCUT2D eigenvalue weighted by Gasteiger charge is -2.31. The number of anilines is 24. The van der Waals surface area contributed by atoms with Crippen molar-refractivity contribution < 1.29 is 0 Å². The Labute approximate surface area is 861 Å². The third kappa shape index (κ3) is 25.2. The number of aryl methyl sites for hydroxylation is 10. The van der Waals surface area contributed by atoms with Crippen molar-refractivity contribution in [3.05, 3.63) is 468 Å². The first-order valence-corrected chi connectivity index (χ1v) is 53.8. The summed E-state index contributed by atoms with van der Waals surface area (Å²) in [5, 5.41) is 0. The predicted molar refractivity (Wildman–Crippen MR) is 622 cm³/mol. The SMILES string of the molecule is CCCCc1ccc(N(c2ccc(CCCC)cc2)c2ccc(N(c3ccc(C)cc3)c3ccc(N(c4ccc(N(c5ccc(C)cc5)c5ccc(N(c6ccc(CCCC)cc6)c6ccc(CCCC)cc6)cc5)cc4)c4ccc(N(c5ccc(N(c6ccc(CCCC)cc6)c6ccc(CCCC)cc6)cc5)c5ccc(N(c6ccc(CCCC)cc6)c6ccc(CCCC)cc6)cc5)cc4)cc3)cc2)cc1. The van der Waals surface area contributed by atoms with Gasteiger partial charge in [-0.2, -0.15) is 0 Å². The van der Waals surface area contributed by atoms with Crippen LogP contribution in [0, 0.1) is 13.8 Å². The standard InChI is InChI=1S/C136H146N8/c1-11-19-27-105-39-59-115(60-40-105)139(116-61-41-106(42-62-116)28-20-12-2)127-83-75-123(76-84-127)137(113-55-35-103(9)36-56-113)125-79-91-131(92-80-125)143(132-93-81-126(82-94-132)138(114-57-37-104(10)38-58-114)124-77-85-128(86-78-124)140(117-63-43-107(44-64-117)29-21-13-3)118-65-45-108(46-66-118)30-22-14-4)135-99-101-136(102-100-135)144(133-95-87-129(88-96-133)141(119-67-47-109(48-68-119)31-23-15-5)120-69-49-110(50-70-120)32-24-16-6)134-97-89-130(90-98-134)142(121-71-51-111(52-72-121)33-25-17-7)122-73-53-112(54-74-122)34-26-18-8/h35-102H,11-34H2,1-10H3. The summed E-state index contributed by atoms with van der Waals surface area (Å²) in [6, 6.07) is 156. The zero-order chi connectivity index (χ0) is 99.3. The fourth-order valence-corrected chi connectivity index (χ4v) is 19.8. The van der Waals surface area contributed by atoms with Gasteiger partial charge in [-0.15, -0.1) is 0 Å². The number of benzene rings is 17. The molecule has 0 bridgehead atoms. The van der Waals surface area contributed by atoms with E-state index in [0.29, 0.717) is 0 Å². The van der Waals surface area contributed by atoms with Crippen molar-refractivity contribution in [3.63, 3.8) is 0 Å². The Morgan fingerprint density at radius 2 is 0.174 bits per heavy atom. The van der Waals surface area contributed by atoms with Gasteiger partial charge < -0.3 is 39.2 Å².